The molecule has 2 N–H and O–H groups in total. The van der Waals surface area contributed by atoms with Gasteiger partial charge in [-0.15, -0.1) is 0 Å². The Balaban J connectivity index is 2.11. The maximum Gasteiger partial charge on any atom is 0.411 e. The largest absolute Gasteiger partial charge is 0.478 e. The molecule has 23 heavy (non-hydrogen) atoms. The van der Waals surface area contributed by atoms with Gasteiger partial charge in [0, 0.05) is 0 Å². The maximum atomic E-state index is 13.1. The molecular weight excluding hydrogens is 308 g/mol. The number of alkyl halides is 2. The van der Waals surface area contributed by atoms with E-state index in [4.69, 9.17) is 9.84 Å². The Bertz CT molecular complexity index is 704. The molecule has 0 aliphatic rings. The number of benzene rings is 2. The summed E-state index contributed by atoms with van der Waals surface area (Å²) in [4.78, 5) is 22.7. The maximum absolute atomic E-state index is 13.1. The SMILES string of the molecule is O=C(Nc1cccc(C(=O)O)c1C(F)F)OCc1ccccc1. The highest BCUT2D eigenvalue weighted by atomic mass is 19.3. The Morgan fingerprint density at radius 1 is 1.09 bits per heavy atom. The highest BCUT2D eigenvalue weighted by Gasteiger charge is 2.23. The van der Waals surface area contributed by atoms with Crippen LogP contribution in [0.25, 0.3) is 0 Å². The molecule has 0 aromatic heterocycles. The van der Waals surface area contributed by atoms with Crippen molar-refractivity contribution in [2.24, 2.45) is 0 Å². The second-order valence-corrected chi connectivity index (χ2v) is 4.56. The van der Waals surface area contributed by atoms with E-state index in [9.17, 15) is 18.4 Å². The molecule has 2 rings (SSSR count). The van der Waals surface area contributed by atoms with Gasteiger partial charge in [-0.05, 0) is 17.7 Å². The minimum Gasteiger partial charge on any atom is -0.478 e. The first-order valence-electron chi connectivity index (χ1n) is 6.61. The summed E-state index contributed by atoms with van der Waals surface area (Å²) in [6.45, 7) is -0.0324. The van der Waals surface area contributed by atoms with Crippen LogP contribution in [0, 0.1) is 0 Å². The van der Waals surface area contributed by atoms with Crippen molar-refractivity contribution in [2.45, 2.75) is 13.0 Å². The van der Waals surface area contributed by atoms with Crippen LogP contribution in [0.2, 0.25) is 0 Å². The van der Waals surface area contributed by atoms with Crippen LogP contribution in [0.3, 0.4) is 0 Å². The van der Waals surface area contributed by atoms with Gasteiger partial charge in [-0.25, -0.2) is 18.4 Å². The molecule has 0 unspecified atom stereocenters. The van der Waals surface area contributed by atoms with E-state index in [1.165, 1.54) is 12.1 Å². The summed E-state index contributed by atoms with van der Waals surface area (Å²) in [5, 5.41) is 11.1. The van der Waals surface area contributed by atoms with E-state index in [-0.39, 0.29) is 12.3 Å². The van der Waals surface area contributed by atoms with Crippen molar-refractivity contribution in [2.75, 3.05) is 5.32 Å². The normalized spacial score (nSPS) is 10.4. The Morgan fingerprint density at radius 2 is 1.78 bits per heavy atom. The smallest absolute Gasteiger partial charge is 0.411 e. The first-order chi connectivity index (χ1) is 11.0. The number of carboxylic acids is 1. The Morgan fingerprint density at radius 3 is 2.39 bits per heavy atom. The van der Waals surface area contributed by atoms with Gasteiger partial charge in [0.25, 0.3) is 6.43 Å². The summed E-state index contributed by atoms with van der Waals surface area (Å²) in [6, 6.07) is 12.3. The number of hydrogen-bond donors (Lipinski definition) is 2. The number of nitrogens with one attached hydrogen (secondary N) is 1. The van der Waals surface area contributed by atoms with E-state index < -0.39 is 29.6 Å². The second kappa shape index (κ2) is 7.35. The fourth-order valence-electron chi connectivity index (χ4n) is 1.96. The highest BCUT2D eigenvalue weighted by Crippen LogP contribution is 2.30. The van der Waals surface area contributed by atoms with Gasteiger partial charge in [-0.3, -0.25) is 5.32 Å². The van der Waals surface area contributed by atoms with Gasteiger partial charge >= 0.3 is 12.1 Å². The Kier molecular flexibility index (Phi) is 5.24. The number of hydrogen-bond acceptors (Lipinski definition) is 3. The summed E-state index contributed by atoms with van der Waals surface area (Å²) in [5.41, 5.74) is -0.883. The van der Waals surface area contributed by atoms with Gasteiger partial charge in [-0.2, -0.15) is 0 Å². The predicted octanol–water partition coefficient (Wildman–Crippen LogP) is 4.07. The van der Waals surface area contributed by atoms with Gasteiger partial charge in [0.05, 0.1) is 16.8 Å². The molecular formula is C16H13F2NO4. The highest BCUT2D eigenvalue weighted by molar-refractivity contribution is 5.94. The van der Waals surface area contributed by atoms with Crippen molar-refractivity contribution >= 4 is 17.7 Å². The average Bonchev–Trinajstić information content (AvgIpc) is 2.53. The summed E-state index contributed by atoms with van der Waals surface area (Å²) < 4.78 is 31.1. The van der Waals surface area contributed by atoms with E-state index >= 15 is 0 Å². The third-order valence-corrected chi connectivity index (χ3v) is 3.00. The summed E-state index contributed by atoms with van der Waals surface area (Å²) in [5.74, 6) is -1.50. The third kappa shape index (κ3) is 4.26. The van der Waals surface area contributed by atoms with Crippen LogP contribution in [-0.2, 0) is 11.3 Å². The van der Waals surface area contributed by atoms with Gasteiger partial charge in [0.15, 0.2) is 0 Å². The molecule has 0 saturated carbocycles. The predicted molar refractivity (Wildman–Crippen MR) is 78.6 cm³/mol. The van der Waals surface area contributed by atoms with E-state index in [1.54, 1.807) is 30.3 Å². The number of ether oxygens (including phenoxy) is 1. The molecule has 0 spiro atoms. The zero-order valence-corrected chi connectivity index (χ0v) is 11.8. The van der Waals surface area contributed by atoms with E-state index in [1.807, 2.05) is 0 Å². The zero-order chi connectivity index (χ0) is 16.8. The number of carboxylic acid groups (broad SMARTS) is 1. The second-order valence-electron chi connectivity index (χ2n) is 4.56. The van der Waals surface area contributed by atoms with Crippen LogP contribution in [0.5, 0.6) is 0 Å². The monoisotopic (exact) mass is 321 g/mol. The molecule has 0 heterocycles. The summed E-state index contributed by atoms with van der Waals surface area (Å²) in [6.07, 6.45) is -4.00. The van der Waals surface area contributed by atoms with Crippen molar-refractivity contribution in [3.63, 3.8) is 0 Å². The van der Waals surface area contributed by atoms with Gasteiger partial charge < -0.3 is 9.84 Å². The summed E-state index contributed by atoms with van der Waals surface area (Å²) >= 11 is 0. The molecule has 0 radical (unpaired) electrons. The number of anilines is 1. The minimum atomic E-state index is -3.05. The van der Waals surface area contributed by atoms with Crippen LogP contribution in [0.1, 0.15) is 27.9 Å². The number of aromatic carboxylic acids is 1. The van der Waals surface area contributed by atoms with Crippen molar-refractivity contribution in [1.82, 2.24) is 0 Å². The van der Waals surface area contributed by atoms with E-state index in [0.717, 1.165) is 11.6 Å². The molecule has 0 atom stereocenters. The van der Waals surface area contributed by atoms with Crippen LogP contribution in [0.4, 0.5) is 19.3 Å². The van der Waals surface area contributed by atoms with E-state index in [0.29, 0.717) is 0 Å². The molecule has 0 saturated heterocycles. The molecule has 2 aromatic rings. The zero-order valence-electron chi connectivity index (χ0n) is 11.8. The Hall–Kier alpha value is -2.96. The van der Waals surface area contributed by atoms with Gasteiger partial charge in [0.1, 0.15) is 6.61 Å². The molecule has 0 fully saturated rings. The number of carbonyl (C=O) groups is 2. The van der Waals surface area contributed by atoms with Gasteiger partial charge in [-0.1, -0.05) is 36.4 Å². The van der Waals surface area contributed by atoms with Crippen molar-refractivity contribution in [3.05, 3.63) is 65.2 Å². The molecule has 0 aliphatic heterocycles. The van der Waals surface area contributed by atoms with Crippen LogP contribution in [-0.4, -0.2) is 17.2 Å². The lowest BCUT2D eigenvalue weighted by molar-refractivity contribution is 0.0684. The molecule has 0 aliphatic carbocycles. The lowest BCUT2D eigenvalue weighted by Gasteiger charge is -2.13. The third-order valence-electron chi connectivity index (χ3n) is 3.00. The molecule has 1 amide bonds. The first kappa shape index (κ1) is 16.4. The van der Waals surface area contributed by atoms with E-state index in [2.05, 4.69) is 5.32 Å². The molecule has 2 aromatic carbocycles. The molecule has 120 valence electrons. The topological polar surface area (TPSA) is 75.6 Å². The number of rotatable bonds is 5. The van der Waals surface area contributed by atoms with Crippen LogP contribution < -0.4 is 5.32 Å². The number of amides is 1. The lowest BCUT2D eigenvalue weighted by Crippen LogP contribution is -2.16. The molecule has 0 bridgehead atoms. The average molecular weight is 321 g/mol. The van der Waals surface area contributed by atoms with Gasteiger partial charge in [0.2, 0.25) is 0 Å². The molecule has 7 heteroatoms. The quantitative estimate of drug-likeness (QED) is 0.870. The Labute approximate surface area is 130 Å². The van der Waals surface area contributed by atoms with Crippen molar-refractivity contribution < 1.29 is 28.2 Å². The van der Waals surface area contributed by atoms with Crippen LogP contribution in [0.15, 0.2) is 48.5 Å². The minimum absolute atomic E-state index is 0.0324. The van der Waals surface area contributed by atoms with Crippen molar-refractivity contribution in [1.29, 1.82) is 0 Å². The fourth-order valence-corrected chi connectivity index (χ4v) is 1.96. The number of carbonyl (C=O) groups excluding carboxylic acids is 1. The van der Waals surface area contributed by atoms with Crippen LogP contribution >= 0.6 is 0 Å². The summed E-state index contributed by atoms with van der Waals surface area (Å²) in [7, 11) is 0. The molecule has 5 nitrogen and oxygen atoms in total. The fraction of sp³-hybridized carbons (Fsp3) is 0.125. The number of halogens is 2. The first-order valence-corrected chi connectivity index (χ1v) is 6.61. The van der Waals surface area contributed by atoms with Crippen molar-refractivity contribution in [3.8, 4) is 0 Å². The lowest BCUT2D eigenvalue weighted by atomic mass is 10.1. The standard InChI is InChI=1S/C16H13F2NO4/c17-14(18)13-11(15(20)21)7-4-8-12(13)19-16(22)23-9-10-5-2-1-3-6-10/h1-8,14H,9H2,(H,19,22)(H,20,21).